The number of carbonyl (C=O) groups excluding carboxylic acids is 2. The maximum Gasteiger partial charge on any atom is 0.388 e. The van der Waals surface area contributed by atoms with E-state index in [1.165, 1.54) is 17.1 Å². The molecule has 2 aromatic heterocycles. The van der Waals surface area contributed by atoms with Crippen LogP contribution < -0.4 is 16.7 Å². The van der Waals surface area contributed by atoms with E-state index < -0.39 is 79.2 Å². The molecule has 2 bridgehead atoms. The van der Waals surface area contributed by atoms with Crippen LogP contribution in [-0.2, 0) is 48.7 Å². The number of hydrogen-bond donors (Lipinski definition) is 2. The van der Waals surface area contributed by atoms with E-state index in [1.54, 1.807) is 41.5 Å². The summed E-state index contributed by atoms with van der Waals surface area (Å²) in [5.41, 5.74) is -4.76. The van der Waals surface area contributed by atoms with Gasteiger partial charge in [-0.2, -0.15) is 0 Å². The zero-order valence-electron chi connectivity index (χ0n) is 24.0. The smallest absolute Gasteiger partial charge is 0.388 e. The van der Waals surface area contributed by atoms with Crippen molar-refractivity contribution in [2.75, 3.05) is 20.2 Å². The van der Waals surface area contributed by atoms with Crippen LogP contribution in [0.5, 0.6) is 0 Å². The second-order valence-electron chi connectivity index (χ2n) is 11.9. The maximum absolute atomic E-state index is 13.7. The van der Waals surface area contributed by atoms with Crippen molar-refractivity contribution >= 4 is 25.0 Å². The van der Waals surface area contributed by atoms with Crippen LogP contribution in [-0.4, -0.2) is 79.6 Å². The minimum absolute atomic E-state index is 0.0706. The van der Waals surface area contributed by atoms with Crippen molar-refractivity contribution in [3.8, 4) is 0 Å². The first-order valence-electron chi connectivity index (χ1n) is 12.9. The van der Waals surface area contributed by atoms with Crippen LogP contribution >= 0.6 is 7.60 Å². The molecule has 4 heterocycles. The summed E-state index contributed by atoms with van der Waals surface area (Å²) in [6, 6.07) is 1.13. The van der Waals surface area contributed by atoms with Crippen LogP contribution in [0.3, 0.4) is 0 Å². The summed E-state index contributed by atoms with van der Waals surface area (Å²) in [6.07, 6.45) is -0.747. The van der Waals surface area contributed by atoms with Gasteiger partial charge in [0, 0.05) is 12.3 Å². The number of ether oxygens (including phenoxy) is 4. The molecule has 2 saturated heterocycles. The van der Waals surface area contributed by atoms with Crippen molar-refractivity contribution in [2.45, 2.75) is 72.1 Å². The van der Waals surface area contributed by atoms with Gasteiger partial charge in [0.2, 0.25) is 13.6 Å². The minimum Gasteiger partial charge on any atom is -0.438 e. The molecule has 2 N–H and O–H groups in total. The number of aromatic amines is 1. The van der Waals surface area contributed by atoms with Crippen molar-refractivity contribution < 1.29 is 47.3 Å². The van der Waals surface area contributed by atoms with E-state index in [1.807, 2.05) is 0 Å². The molecule has 0 aromatic carbocycles. The highest BCUT2D eigenvalue weighted by Crippen LogP contribution is 2.47. The Kier molecular flexibility index (Phi) is 8.66. The number of nitrogens with zero attached hydrogens (tertiary/aromatic N) is 4. The number of aliphatic hydroxyl groups is 1. The molecule has 0 radical (unpaired) electrons. The van der Waals surface area contributed by atoms with Gasteiger partial charge in [0.05, 0.1) is 30.2 Å². The maximum atomic E-state index is 13.7. The largest absolute Gasteiger partial charge is 0.438 e. The molecular formula is C24H34N5O12P. The second-order valence-corrected chi connectivity index (χ2v) is 13.9. The average molecular weight is 616 g/mol. The van der Waals surface area contributed by atoms with Crippen LogP contribution in [0.25, 0.3) is 0 Å². The lowest BCUT2D eigenvalue weighted by molar-refractivity contribution is -0.180. The van der Waals surface area contributed by atoms with Crippen LogP contribution in [0, 0.1) is 10.8 Å². The molecule has 2 aromatic rings. The minimum atomic E-state index is -4.38. The second kappa shape index (κ2) is 11.5. The van der Waals surface area contributed by atoms with Gasteiger partial charge < -0.3 is 24.1 Å². The number of fused-ring (bicyclic) bond motifs is 2. The lowest BCUT2D eigenvalue weighted by Gasteiger charge is -2.30. The molecule has 0 spiro atoms. The number of hydrogen-bond acceptors (Lipinski definition) is 14. The predicted octanol–water partition coefficient (Wildman–Crippen LogP) is -0.199. The molecule has 4 rings (SSSR count). The molecule has 0 unspecified atom stereocenters. The monoisotopic (exact) mass is 615 g/mol. The summed E-state index contributed by atoms with van der Waals surface area (Å²) in [4.78, 5) is 50.2. The first-order valence-corrected chi connectivity index (χ1v) is 14.4. The van der Waals surface area contributed by atoms with Gasteiger partial charge in [0.25, 0.3) is 5.56 Å². The molecule has 0 amide bonds. The molecule has 2 fully saturated rings. The first kappa shape index (κ1) is 31.7. The fourth-order valence-corrected chi connectivity index (χ4v) is 5.19. The van der Waals surface area contributed by atoms with E-state index in [0.717, 1.165) is 10.6 Å². The predicted molar refractivity (Wildman–Crippen MR) is 140 cm³/mol. The summed E-state index contributed by atoms with van der Waals surface area (Å²) in [7, 11) is -4.38. The van der Waals surface area contributed by atoms with Gasteiger partial charge in [-0.15, -0.1) is 5.10 Å². The third-order valence-electron chi connectivity index (χ3n) is 6.42. The molecular weight excluding hydrogens is 581 g/mol. The Bertz CT molecular complexity index is 1450. The molecule has 2 aliphatic rings. The van der Waals surface area contributed by atoms with Gasteiger partial charge in [-0.3, -0.25) is 37.5 Å². The number of aliphatic hydroxyl groups excluding tert-OH is 1. The van der Waals surface area contributed by atoms with E-state index in [9.17, 15) is 28.8 Å². The molecule has 18 heteroatoms. The summed E-state index contributed by atoms with van der Waals surface area (Å²) >= 11 is 0. The van der Waals surface area contributed by atoms with Gasteiger partial charge in [-0.05, 0) is 41.5 Å². The van der Waals surface area contributed by atoms with Gasteiger partial charge in [-0.25, -0.2) is 9.48 Å². The Labute approximate surface area is 239 Å². The van der Waals surface area contributed by atoms with Crippen molar-refractivity contribution in [2.24, 2.45) is 10.8 Å². The lowest BCUT2D eigenvalue weighted by atomic mass is 9.98. The topological polar surface area (TPSA) is 212 Å². The molecule has 0 aliphatic carbocycles. The summed E-state index contributed by atoms with van der Waals surface area (Å²) in [6.45, 7) is 7.98. The van der Waals surface area contributed by atoms with Gasteiger partial charge in [0.1, 0.15) is 17.8 Å². The zero-order chi connectivity index (χ0) is 31.1. The Hall–Kier alpha value is -3.21. The van der Waals surface area contributed by atoms with Gasteiger partial charge in [0.15, 0.2) is 11.7 Å². The number of rotatable bonds is 10. The molecule has 2 aliphatic heterocycles. The number of aromatic nitrogens is 5. The number of carbonyl (C=O) groups is 2. The standard InChI is InChI=1S/C24H34N5O12P/c1-22(2,3)19(32)37-12-39-42(35,40-13-38-20(33)23(4,5)6)15-9-28(27-26-15)10-24-11-36-16(17(24)31)18(41-24)29-8-7-14(30)25-21(29)34/h7-9,16-18,31H,10-13H2,1-6H3,(H,25,30,34)/t16-,17+,18-,24+/m1/s1. The number of nitrogens with one attached hydrogen (secondary N) is 1. The van der Waals surface area contributed by atoms with E-state index in [4.69, 9.17) is 28.0 Å². The fourth-order valence-electron chi connectivity index (χ4n) is 4.05. The van der Waals surface area contributed by atoms with E-state index in [2.05, 4.69) is 15.3 Å². The Morgan fingerprint density at radius 1 is 1.12 bits per heavy atom. The highest BCUT2D eigenvalue weighted by molar-refractivity contribution is 7.61. The van der Waals surface area contributed by atoms with Gasteiger partial charge in [-0.1, -0.05) is 5.21 Å². The Balaban J connectivity index is 1.51. The van der Waals surface area contributed by atoms with Crippen molar-refractivity contribution in [1.29, 1.82) is 0 Å². The quantitative estimate of drug-likeness (QED) is 0.201. The van der Waals surface area contributed by atoms with Crippen LogP contribution in [0.15, 0.2) is 28.0 Å². The number of H-pyrrole nitrogens is 1. The Morgan fingerprint density at radius 2 is 1.71 bits per heavy atom. The van der Waals surface area contributed by atoms with E-state index >= 15 is 0 Å². The fraction of sp³-hybridized carbons (Fsp3) is 0.667. The van der Waals surface area contributed by atoms with Crippen LogP contribution in [0.4, 0.5) is 0 Å². The highest BCUT2D eigenvalue weighted by atomic mass is 31.2. The summed E-state index contributed by atoms with van der Waals surface area (Å²) < 4.78 is 48.5. The molecule has 0 saturated carbocycles. The van der Waals surface area contributed by atoms with E-state index in [-0.39, 0.29) is 18.6 Å². The third kappa shape index (κ3) is 6.55. The lowest BCUT2D eigenvalue weighted by Crippen LogP contribution is -2.45. The molecule has 42 heavy (non-hydrogen) atoms. The first-order chi connectivity index (χ1) is 19.4. The van der Waals surface area contributed by atoms with Gasteiger partial charge >= 0.3 is 25.2 Å². The van der Waals surface area contributed by atoms with Crippen molar-refractivity contribution in [3.05, 3.63) is 39.3 Å². The average Bonchev–Trinajstić information content (AvgIpc) is 3.55. The molecule has 17 nitrogen and oxygen atoms in total. The SMILES string of the molecule is CC(C)(C)C(=O)OCOP(=O)(OCOC(=O)C(C)(C)C)c1cn(C[C@@]23CO[C@@H]([C@H](n4ccc(=O)[nH]c4=O)O2)[C@@H]3O)nn1. The van der Waals surface area contributed by atoms with Crippen LogP contribution in [0.1, 0.15) is 47.8 Å². The van der Waals surface area contributed by atoms with Crippen molar-refractivity contribution in [1.82, 2.24) is 24.5 Å². The molecule has 4 atom stereocenters. The van der Waals surface area contributed by atoms with Crippen LogP contribution in [0.2, 0.25) is 0 Å². The third-order valence-corrected chi connectivity index (χ3v) is 8.08. The summed E-state index contributed by atoms with van der Waals surface area (Å²) in [5.74, 6) is -1.26. The number of esters is 2. The highest BCUT2D eigenvalue weighted by Gasteiger charge is 2.62. The Morgan fingerprint density at radius 3 is 2.26 bits per heavy atom. The summed E-state index contributed by atoms with van der Waals surface area (Å²) in [5, 5.41) is 18.8. The molecule has 232 valence electrons. The van der Waals surface area contributed by atoms with E-state index in [0.29, 0.717) is 0 Å². The zero-order valence-corrected chi connectivity index (χ0v) is 24.9. The van der Waals surface area contributed by atoms with Crippen molar-refractivity contribution in [3.63, 3.8) is 0 Å². The normalized spacial score (nSPS) is 24.1.